The van der Waals surface area contributed by atoms with Gasteiger partial charge in [-0.2, -0.15) is 0 Å². The predicted octanol–water partition coefficient (Wildman–Crippen LogP) is 2.37. The van der Waals surface area contributed by atoms with Gasteiger partial charge in [-0.05, 0) is 54.9 Å². The molecule has 316 valence electrons. The van der Waals surface area contributed by atoms with Crippen molar-refractivity contribution in [3.63, 3.8) is 0 Å². The number of hydrazine groups is 1. The number of hydrogen-bond donors (Lipinski definition) is 10. The lowest BCUT2D eigenvalue weighted by atomic mass is 10.0. The number of imidazole rings is 1. The highest BCUT2D eigenvalue weighted by atomic mass is 16.2. The molecule has 2 heterocycles. The smallest absolute Gasteiger partial charge is 0.329 e. The van der Waals surface area contributed by atoms with Crippen LogP contribution in [0.1, 0.15) is 60.9 Å². The standard InChI is InChI=1S/C44H55N11O5/c1-28(56)50-40(22-33-26-46-27-48-33)43(59)53-39(20-29-12-4-2-5-13-29)42(58)52-37(41(57)51-32(24-45)21-31-25-47-36-17-9-8-16-34(31)36)18-10-11-19-49-55-44(60)54-38-23-35(38)30-14-6-3-7-15-30/h2-9,12-17,25-27,32,35,37-40,47,49H,10-11,18-24,45H2,1H3,(H,46,48)(H,50,56)(H,51,57)(H,52,58)(H,53,59)(H2,54,55,60)/t32-,35-,37-,38+,39+,40-/m0/s1. The molecule has 16 heteroatoms. The quantitative estimate of drug-likeness (QED) is 0.0367. The van der Waals surface area contributed by atoms with E-state index in [1.54, 1.807) is 6.20 Å². The number of aromatic amines is 2. The number of hydrogen-bond acceptors (Lipinski definition) is 8. The van der Waals surface area contributed by atoms with Crippen molar-refractivity contribution in [2.24, 2.45) is 5.73 Å². The highest BCUT2D eigenvalue weighted by Gasteiger charge is 2.39. The van der Waals surface area contributed by atoms with Crippen LogP contribution in [0.2, 0.25) is 0 Å². The summed E-state index contributed by atoms with van der Waals surface area (Å²) >= 11 is 0. The van der Waals surface area contributed by atoms with Crippen molar-refractivity contribution in [3.05, 3.63) is 126 Å². The Balaban J connectivity index is 1.10. The normalized spacial score (nSPS) is 16.4. The Kier molecular flexibility index (Phi) is 15.4. The number of aromatic nitrogens is 3. The van der Waals surface area contributed by atoms with Crippen LogP contribution in [0.4, 0.5) is 4.79 Å². The minimum absolute atomic E-state index is 0.0773. The first-order chi connectivity index (χ1) is 29.2. The van der Waals surface area contributed by atoms with Crippen LogP contribution >= 0.6 is 0 Å². The summed E-state index contributed by atoms with van der Waals surface area (Å²) in [6.07, 6.45) is 7.87. The number of rotatable bonds is 22. The lowest BCUT2D eigenvalue weighted by molar-refractivity contribution is -0.133. The van der Waals surface area contributed by atoms with Crippen LogP contribution in [0.25, 0.3) is 10.9 Å². The lowest BCUT2D eigenvalue weighted by Gasteiger charge is -2.26. The highest BCUT2D eigenvalue weighted by molar-refractivity contribution is 5.94. The number of urea groups is 1. The number of para-hydroxylation sites is 1. The van der Waals surface area contributed by atoms with Crippen LogP contribution in [0, 0.1) is 0 Å². The summed E-state index contributed by atoms with van der Waals surface area (Å²) in [7, 11) is 0. The van der Waals surface area contributed by atoms with Crippen molar-refractivity contribution in [2.45, 2.75) is 88.0 Å². The van der Waals surface area contributed by atoms with E-state index in [9.17, 15) is 24.0 Å². The molecule has 0 aliphatic heterocycles. The molecule has 11 N–H and O–H groups in total. The molecule has 60 heavy (non-hydrogen) atoms. The molecule has 16 nitrogen and oxygen atoms in total. The van der Waals surface area contributed by atoms with Gasteiger partial charge in [0.25, 0.3) is 0 Å². The van der Waals surface area contributed by atoms with E-state index < -0.39 is 47.8 Å². The fraction of sp³-hybridized carbons (Fsp3) is 0.364. The Morgan fingerprint density at radius 1 is 0.767 bits per heavy atom. The molecule has 1 aliphatic carbocycles. The minimum Gasteiger partial charge on any atom is -0.361 e. The lowest BCUT2D eigenvalue weighted by Crippen LogP contribution is -2.58. The fourth-order valence-corrected chi connectivity index (χ4v) is 7.34. The molecule has 6 atom stereocenters. The van der Waals surface area contributed by atoms with E-state index in [-0.39, 0.29) is 37.9 Å². The molecule has 5 aromatic rings. The number of nitrogens with one attached hydrogen (secondary N) is 9. The molecule has 0 bridgehead atoms. The Labute approximate surface area is 349 Å². The third-order valence-corrected chi connectivity index (χ3v) is 10.6. The fourth-order valence-electron chi connectivity index (χ4n) is 7.34. The SMILES string of the molecule is CC(=O)N[C@@H](Cc1cnc[nH]1)C(=O)N[C@H](Cc1ccccc1)C(=O)N[C@@H](CCCCNNC(=O)N[C@@H]1C[C@H]1c1ccccc1)C(=O)N[C@H](CN)Cc1c[nH]c2ccccc12. The second-order valence-corrected chi connectivity index (χ2v) is 15.2. The monoisotopic (exact) mass is 817 g/mol. The van der Waals surface area contributed by atoms with Gasteiger partial charge in [0.1, 0.15) is 18.1 Å². The summed E-state index contributed by atoms with van der Waals surface area (Å²) in [5.41, 5.74) is 16.4. The summed E-state index contributed by atoms with van der Waals surface area (Å²) in [4.78, 5) is 76.9. The average Bonchev–Trinajstić information content (AvgIpc) is 3.59. The summed E-state index contributed by atoms with van der Waals surface area (Å²) in [6, 6.07) is 23.4. The van der Waals surface area contributed by atoms with Gasteiger partial charge in [0, 0.05) is 79.8 Å². The number of benzene rings is 3. The van der Waals surface area contributed by atoms with Gasteiger partial charge in [0.15, 0.2) is 0 Å². The summed E-state index contributed by atoms with van der Waals surface area (Å²) < 4.78 is 0. The second kappa shape index (κ2) is 21.5. The molecule has 1 saturated carbocycles. The number of nitrogens with zero attached hydrogens (tertiary/aromatic N) is 1. The Bertz CT molecular complexity index is 2160. The van der Waals surface area contributed by atoms with E-state index in [4.69, 9.17) is 5.73 Å². The van der Waals surface area contributed by atoms with Crippen molar-refractivity contribution in [3.8, 4) is 0 Å². The Morgan fingerprint density at radius 2 is 1.45 bits per heavy atom. The molecule has 0 spiro atoms. The largest absolute Gasteiger partial charge is 0.361 e. The van der Waals surface area contributed by atoms with E-state index in [0.29, 0.717) is 37.4 Å². The predicted molar refractivity (Wildman–Crippen MR) is 228 cm³/mol. The van der Waals surface area contributed by atoms with Crippen molar-refractivity contribution in [1.29, 1.82) is 0 Å². The minimum atomic E-state index is -1.10. The maximum Gasteiger partial charge on any atom is 0.329 e. The van der Waals surface area contributed by atoms with Crippen LogP contribution in [0.15, 0.2) is 104 Å². The first kappa shape index (κ1) is 43.1. The van der Waals surface area contributed by atoms with E-state index in [1.807, 2.05) is 79.0 Å². The molecule has 6 rings (SSSR count). The van der Waals surface area contributed by atoms with Gasteiger partial charge in [-0.15, -0.1) is 0 Å². The molecule has 6 amide bonds. The first-order valence-corrected chi connectivity index (χ1v) is 20.5. The topological polar surface area (TPSA) is 240 Å². The average molecular weight is 818 g/mol. The van der Waals surface area contributed by atoms with Crippen LogP contribution < -0.4 is 43.2 Å². The second-order valence-electron chi connectivity index (χ2n) is 15.2. The van der Waals surface area contributed by atoms with E-state index >= 15 is 0 Å². The van der Waals surface area contributed by atoms with Crippen LogP contribution in [0.3, 0.4) is 0 Å². The van der Waals surface area contributed by atoms with E-state index in [0.717, 1.165) is 28.5 Å². The number of carbonyl (C=O) groups is 5. The van der Waals surface area contributed by atoms with Crippen molar-refractivity contribution >= 4 is 40.6 Å². The van der Waals surface area contributed by atoms with E-state index in [2.05, 4.69) is 64.5 Å². The van der Waals surface area contributed by atoms with Gasteiger partial charge < -0.3 is 42.3 Å². The van der Waals surface area contributed by atoms with Crippen LogP contribution in [0.5, 0.6) is 0 Å². The van der Waals surface area contributed by atoms with Crippen molar-refractivity contribution in [1.82, 2.24) is 52.4 Å². The highest BCUT2D eigenvalue weighted by Crippen LogP contribution is 2.40. The number of H-pyrrole nitrogens is 2. The zero-order valence-electron chi connectivity index (χ0n) is 33.7. The molecule has 1 aliphatic rings. The summed E-state index contributed by atoms with van der Waals surface area (Å²) in [5, 5.41) is 15.5. The third kappa shape index (κ3) is 12.7. The van der Waals surface area contributed by atoms with Gasteiger partial charge in [-0.3, -0.25) is 24.6 Å². The maximum atomic E-state index is 14.2. The van der Waals surface area contributed by atoms with Gasteiger partial charge >= 0.3 is 6.03 Å². The van der Waals surface area contributed by atoms with Crippen LogP contribution in [-0.2, 0) is 38.4 Å². The molecule has 0 unspecified atom stereocenters. The van der Waals surface area contributed by atoms with Gasteiger partial charge in [-0.25, -0.2) is 15.2 Å². The molecule has 2 aromatic heterocycles. The van der Waals surface area contributed by atoms with Gasteiger partial charge in [-0.1, -0.05) is 78.9 Å². The van der Waals surface area contributed by atoms with Gasteiger partial charge in [0.05, 0.1) is 6.33 Å². The zero-order valence-corrected chi connectivity index (χ0v) is 33.7. The molecule has 0 saturated heterocycles. The number of fused-ring (bicyclic) bond motifs is 1. The number of amides is 6. The van der Waals surface area contributed by atoms with Crippen molar-refractivity contribution < 1.29 is 24.0 Å². The third-order valence-electron chi connectivity index (χ3n) is 10.6. The molecular weight excluding hydrogens is 763 g/mol. The number of carbonyl (C=O) groups excluding carboxylic acids is 5. The van der Waals surface area contributed by atoms with Crippen LogP contribution in [-0.4, -0.2) is 87.9 Å². The Hall–Kier alpha value is -6.52. The zero-order chi connectivity index (χ0) is 42.3. The number of unbranched alkanes of at least 4 members (excludes halogenated alkanes) is 1. The van der Waals surface area contributed by atoms with Crippen molar-refractivity contribution in [2.75, 3.05) is 13.1 Å². The number of nitrogens with two attached hydrogens (primary N) is 1. The van der Waals surface area contributed by atoms with Gasteiger partial charge in [0.2, 0.25) is 23.6 Å². The Morgan fingerprint density at radius 3 is 2.17 bits per heavy atom. The molecule has 3 aromatic carbocycles. The maximum absolute atomic E-state index is 14.2. The van der Waals surface area contributed by atoms with E-state index in [1.165, 1.54) is 18.8 Å². The summed E-state index contributed by atoms with van der Waals surface area (Å²) in [5.74, 6) is -1.66. The molecule has 0 radical (unpaired) electrons. The first-order valence-electron chi connectivity index (χ1n) is 20.5. The molecular formula is C44H55N11O5. The molecule has 1 fully saturated rings. The summed E-state index contributed by atoms with van der Waals surface area (Å²) in [6.45, 7) is 1.89.